The standard InChI is InChI=1S/C18H20ClN3O3/c19-13-6-3-5-12(8-13)17-20-16(25-21-17)10-22-14-7-2-1-4-11(14)9-15(22)18(23)24/h3,5-6,8,11,14-15H,1-2,4,7,9-10H2,(H,23,24)/t11-,14-,15+/m1/s1. The SMILES string of the molecule is O=C(O)[C@@H]1C[C@H]2CCCC[C@H]2N1Cc1nc(-c2cccc(Cl)c2)no1. The van der Waals surface area contributed by atoms with Crippen LogP contribution in [0.1, 0.15) is 38.0 Å². The zero-order valence-corrected chi connectivity index (χ0v) is 14.5. The van der Waals surface area contributed by atoms with E-state index in [4.69, 9.17) is 16.1 Å². The molecule has 0 spiro atoms. The molecule has 132 valence electrons. The second-order valence-electron chi connectivity index (χ2n) is 6.90. The molecule has 1 N–H and O–H groups in total. The van der Waals surface area contributed by atoms with E-state index >= 15 is 0 Å². The summed E-state index contributed by atoms with van der Waals surface area (Å²) in [7, 11) is 0. The van der Waals surface area contributed by atoms with Gasteiger partial charge in [-0.3, -0.25) is 9.69 Å². The number of nitrogens with zero attached hydrogens (tertiary/aromatic N) is 3. The summed E-state index contributed by atoms with van der Waals surface area (Å²) < 4.78 is 5.39. The lowest BCUT2D eigenvalue weighted by atomic mass is 9.85. The Kier molecular flexibility index (Phi) is 4.48. The van der Waals surface area contributed by atoms with E-state index < -0.39 is 12.0 Å². The monoisotopic (exact) mass is 361 g/mol. The Balaban J connectivity index is 1.55. The van der Waals surface area contributed by atoms with Crippen molar-refractivity contribution in [1.29, 1.82) is 0 Å². The Morgan fingerprint density at radius 2 is 2.20 bits per heavy atom. The third-order valence-electron chi connectivity index (χ3n) is 5.38. The van der Waals surface area contributed by atoms with Gasteiger partial charge in [-0.05, 0) is 37.3 Å². The molecule has 2 aliphatic rings. The summed E-state index contributed by atoms with van der Waals surface area (Å²) >= 11 is 6.01. The maximum Gasteiger partial charge on any atom is 0.320 e. The number of carboxylic acid groups (broad SMARTS) is 1. The van der Waals surface area contributed by atoms with E-state index in [1.807, 2.05) is 17.0 Å². The van der Waals surface area contributed by atoms with Crippen LogP contribution in [0.5, 0.6) is 0 Å². The molecule has 0 unspecified atom stereocenters. The second-order valence-corrected chi connectivity index (χ2v) is 7.33. The number of benzene rings is 1. The van der Waals surface area contributed by atoms with E-state index in [1.54, 1.807) is 12.1 Å². The fourth-order valence-electron chi connectivity index (χ4n) is 4.24. The van der Waals surface area contributed by atoms with Gasteiger partial charge in [-0.25, -0.2) is 0 Å². The van der Waals surface area contributed by atoms with Crippen LogP contribution in [0.15, 0.2) is 28.8 Å². The number of hydrogen-bond acceptors (Lipinski definition) is 5. The van der Waals surface area contributed by atoms with Crippen molar-refractivity contribution in [2.75, 3.05) is 0 Å². The molecule has 6 nitrogen and oxygen atoms in total. The summed E-state index contributed by atoms with van der Waals surface area (Å²) in [5, 5.41) is 14.2. The molecule has 1 aromatic heterocycles. The Bertz CT molecular complexity index is 778. The summed E-state index contributed by atoms with van der Waals surface area (Å²) in [6.45, 7) is 0.381. The molecule has 2 heterocycles. The van der Waals surface area contributed by atoms with E-state index in [-0.39, 0.29) is 0 Å². The summed E-state index contributed by atoms with van der Waals surface area (Å²) in [6, 6.07) is 7.11. The number of fused-ring (bicyclic) bond motifs is 1. The number of rotatable bonds is 4. The van der Waals surface area contributed by atoms with Crippen LogP contribution < -0.4 is 0 Å². The van der Waals surface area contributed by atoms with Crippen molar-refractivity contribution in [3.05, 3.63) is 35.2 Å². The zero-order valence-electron chi connectivity index (χ0n) is 13.8. The lowest BCUT2D eigenvalue weighted by molar-refractivity contribution is -0.143. The van der Waals surface area contributed by atoms with E-state index in [1.165, 1.54) is 6.42 Å². The Morgan fingerprint density at radius 1 is 1.36 bits per heavy atom. The van der Waals surface area contributed by atoms with E-state index in [9.17, 15) is 9.90 Å². The van der Waals surface area contributed by atoms with Crippen molar-refractivity contribution in [1.82, 2.24) is 15.0 Å². The molecular formula is C18H20ClN3O3. The summed E-state index contributed by atoms with van der Waals surface area (Å²) in [5.74, 6) is 0.630. The van der Waals surface area contributed by atoms with Crippen molar-refractivity contribution in [3.8, 4) is 11.4 Å². The van der Waals surface area contributed by atoms with Gasteiger partial charge in [0.05, 0.1) is 6.54 Å². The number of aromatic nitrogens is 2. The minimum absolute atomic E-state index is 0.302. The molecule has 0 bridgehead atoms. The lowest BCUT2D eigenvalue weighted by Crippen LogP contribution is -2.41. The highest BCUT2D eigenvalue weighted by atomic mass is 35.5. The number of aliphatic carboxylic acids is 1. The topological polar surface area (TPSA) is 79.5 Å². The van der Waals surface area contributed by atoms with Gasteiger partial charge in [0.25, 0.3) is 0 Å². The molecule has 2 aromatic rings. The normalized spacial score (nSPS) is 26.5. The molecule has 1 aliphatic heterocycles. The first kappa shape index (κ1) is 16.5. The molecule has 1 aliphatic carbocycles. The Hall–Kier alpha value is -1.92. The van der Waals surface area contributed by atoms with Crippen LogP contribution in [0.2, 0.25) is 5.02 Å². The van der Waals surface area contributed by atoms with Gasteiger partial charge in [0.1, 0.15) is 6.04 Å². The maximum absolute atomic E-state index is 11.7. The van der Waals surface area contributed by atoms with Gasteiger partial charge in [0.2, 0.25) is 11.7 Å². The number of halogens is 1. The van der Waals surface area contributed by atoms with Crippen LogP contribution in [-0.4, -0.2) is 38.2 Å². The summed E-state index contributed by atoms with van der Waals surface area (Å²) in [4.78, 5) is 18.2. The molecule has 0 radical (unpaired) electrons. The number of carboxylic acids is 1. The molecular weight excluding hydrogens is 342 g/mol. The van der Waals surface area contributed by atoms with Gasteiger partial charge in [-0.2, -0.15) is 4.98 Å². The molecule has 7 heteroatoms. The Morgan fingerprint density at radius 3 is 3.00 bits per heavy atom. The first-order valence-electron chi connectivity index (χ1n) is 8.69. The fraction of sp³-hybridized carbons (Fsp3) is 0.500. The highest BCUT2D eigenvalue weighted by Gasteiger charge is 2.45. The van der Waals surface area contributed by atoms with Crippen molar-refractivity contribution < 1.29 is 14.4 Å². The zero-order chi connectivity index (χ0) is 17.4. The molecule has 0 amide bonds. The van der Waals surface area contributed by atoms with Gasteiger partial charge in [-0.15, -0.1) is 0 Å². The van der Waals surface area contributed by atoms with Gasteiger partial charge in [0, 0.05) is 16.6 Å². The van der Waals surface area contributed by atoms with Crippen LogP contribution in [0.4, 0.5) is 0 Å². The first-order valence-corrected chi connectivity index (χ1v) is 9.06. The minimum Gasteiger partial charge on any atom is -0.480 e. The predicted molar refractivity (Wildman–Crippen MR) is 92.1 cm³/mol. The smallest absolute Gasteiger partial charge is 0.320 e. The molecule has 1 saturated heterocycles. The molecule has 2 fully saturated rings. The highest BCUT2D eigenvalue weighted by molar-refractivity contribution is 6.30. The average molecular weight is 362 g/mol. The van der Waals surface area contributed by atoms with Gasteiger partial charge in [-0.1, -0.05) is 41.7 Å². The van der Waals surface area contributed by atoms with Crippen molar-refractivity contribution in [3.63, 3.8) is 0 Å². The van der Waals surface area contributed by atoms with Gasteiger partial charge < -0.3 is 9.63 Å². The Labute approximate surface area is 150 Å². The third kappa shape index (κ3) is 3.28. The van der Waals surface area contributed by atoms with E-state index in [0.717, 1.165) is 31.2 Å². The molecule has 25 heavy (non-hydrogen) atoms. The lowest BCUT2D eigenvalue weighted by Gasteiger charge is -2.31. The largest absolute Gasteiger partial charge is 0.480 e. The summed E-state index contributed by atoms with van der Waals surface area (Å²) in [5.41, 5.74) is 0.786. The quantitative estimate of drug-likeness (QED) is 0.896. The number of carbonyl (C=O) groups is 1. The van der Waals surface area contributed by atoms with E-state index in [0.29, 0.717) is 35.2 Å². The van der Waals surface area contributed by atoms with Crippen molar-refractivity contribution in [2.45, 2.75) is 50.7 Å². The van der Waals surface area contributed by atoms with Crippen molar-refractivity contribution in [2.24, 2.45) is 5.92 Å². The minimum atomic E-state index is -0.760. The molecule has 1 aromatic carbocycles. The first-order chi connectivity index (χ1) is 12.1. The maximum atomic E-state index is 11.7. The van der Waals surface area contributed by atoms with Crippen LogP contribution in [0, 0.1) is 5.92 Å². The average Bonchev–Trinajstić information content (AvgIpc) is 3.21. The van der Waals surface area contributed by atoms with Gasteiger partial charge in [0.15, 0.2) is 0 Å². The molecule has 3 atom stereocenters. The predicted octanol–water partition coefficient (Wildman–Crippen LogP) is 3.61. The van der Waals surface area contributed by atoms with Gasteiger partial charge >= 0.3 is 5.97 Å². The molecule has 4 rings (SSSR count). The number of hydrogen-bond donors (Lipinski definition) is 1. The summed E-state index contributed by atoms with van der Waals surface area (Å²) in [6.07, 6.45) is 5.23. The van der Waals surface area contributed by atoms with Crippen LogP contribution in [0.3, 0.4) is 0 Å². The fourth-order valence-corrected chi connectivity index (χ4v) is 4.43. The van der Waals surface area contributed by atoms with Crippen LogP contribution in [-0.2, 0) is 11.3 Å². The van der Waals surface area contributed by atoms with E-state index in [2.05, 4.69) is 10.1 Å². The third-order valence-corrected chi connectivity index (χ3v) is 5.61. The number of likely N-dealkylation sites (tertiary alicyclic amines) is 1. The van der Waals surface area contributed by atoms with Crippen LogP contribution in [0.25, 0.3) is 11.4 Å². The molecule has 1 saturated carbocycles. The van der Waals surface area contributed by atoms with Crippen LogP contribution >= 0.6 is 11.6 Å². The highest BCUT2D eigenvalue weighted by Crippen LogP contribution is 2.40. The second kappa shape index (κ2) is 6.77. The van der Waals surface area contributed by atoms with Crippen molar-refractivity contribution >= 4 is 17.6 Å².